The minimum Gasteiger partial charge on any atom is -0.493 e. The maximum atomic E-state index is 8.30. The summed E-state index contributed by atoms with van der Waals surface area (Å²) in [7, 11) is 0. The van der Waals surface area contributed by atoms with E-state index in [0.717, 1.165) is 12.2 Å². The van der Waals surface area contributed by atoms with Crippen LogP contribution in [-0.2, 0) is 6.42 Å². The van der Waals surface area contributed by atoms with Crippen molar-refractivity contribution in [3.63, 3.8) is 0 Å². The van der Waals surface area contributed by atoms with Crippen LogP contribution in [0.5, 0.6) is 5.75 Å². The van der Waals surface area contributed by atoms with Crippen LogP contribution >= 0.6 is 0 Å². The van der Waals surface area contributed by atoms with Gasteiger partial charge in [-0.1, -0.05) is 19.1 Å². The van der Waals surface area contributed by atoms with E-state index in [1.807, 2.05) is 30.3 Å². The number of ether oxygens (including phenoxy) is 1. The van der Waals surface area contributed by atoms with E-state index in [9.17, 15) is 0 Å². The van der Waals surface area contributed by atoms with Gasteiger partial charge in [0, 0.05) is 0 Å². The molecule has 0 amide bonds. The minimum absolute atomic E-state index is 0.440. The highest BCUT2D eigenvalue weighted by atomic mass is 16.5. The van der Waals surface area contributed by atoms with Crippen LogP contribution in [0.25, 0.3) is 0 Å². The summed E-state index contributed by atoms with van der Waals surface area (Å²) in [6.45, 7) is 2.59. The topological polar surface area (TPSA) is 33.0 Å². The van der Waals surface area contributed by atoms with Gasteiger partial charge in [-0.25, -0.2) is 0 Å². The Kier molecular flexibility index (Phi) is 3.84. The van der Waals surface area contributed by atoms with Crippen molar-refractivity contribution in [2.75, 3.05) is 6.61 Å². The summed E-state index contributed by atoms with van der Waals surface area (Å²) >= 11 is 0. The van der Waals surface area contributed by atoms with E-state index >= 15 is 0 Å². The van der Waals surface area contributed by atoms with E-state index in [0.29, 0.717) is 13.0 Å². The SMILES string of the molecule is CCc1ccc(OCCC#N)cc1. The van der Waals surface area contributed by atoms with Crippen molar-refractivity contribution in [1.82, 2.24) is 0 Å². The number of hydrogen-bond acceptors (Lipinski definition) is 2. The average Bonchev–Trinajstić information content (AvgIpc) is 2.19. The van der Waals surface area contributed by atoms with Crippen molar-refractivity contribution in [1.29, 1.82) is 5.26 Å². The normalized spacial score (nSPS) is 9.23. The van der Waals surface area contributed by atoms with Crippen molar-refractivity contribution in [3.05, 3.63) is 29.8 Å². The third kappa shape index (κ3) is 3.16. The molecule has 1 rings (SSSR count). The van der Waals surface area contributed by atoms with Crippen molar-refractivity contribution >= 4 is 0 Å². The fourth-order valence-electron chi connectivity index (χ4n) is 1.04. The zero-order valence-electron chi connectivity index (χ0n) is 7.79. The lowest BCUT2D eigenvalue weighted by molar-refractivity contribution is 0.326. The van der Waals surface area contributed by atoms with Gasteiger partial charge in [0.05, 0.1) is 12.5 Å². The van der Waals surface area contributed by atoms with Crippen molar-refractivity contribution < 1.29 is 4.74 Å². The summed E-state index contributed by atoms with van der Waals surface area (Å²) in [4.78, 5) is 0. The lowest BCUT2D eigenvalue weighted by atomic mass is 10.2. The highest BCUT2D eigenvalue weighted by molar-refractivity contribution is 5.27. The number of nitrogens with zero attached hydrogens (tertiary/aromatic N) is 1. The van der Waals surface area contributed by atoms with Gasteiger partial charge in [-0.2, -0.15) is 5.26 Å². The maximum Gasteiger partial charge on any atom is 0.119 e. The molecule has 0 aromatic heterocycles. The molecule has 0 aliphatic heterocycles. The molecule has 0 saturated carbocycles. The Morgan fingerprint density at radius 2 is 2.00 bits per heavy atom. The summed E-state index contributed by atoms with van der Waals surface area (Å²) < 4.78 is 5.32. The molecule has 0 heterocycles. The quantitative estimate of drug-likeness (QED) is 0.659. The molecule has 1 aromatic carbocycles. The van der Waals surface area contributed by atoms with E-state index in [1.54, 1.807) is 0 Å². The summed E-state index contributed by atoms with van der Waals surface area (Å²) in [5, 5.41) is 8.30. The molecule has 1 aromatic rings. The number of nitriles is 1. The first-order chi connectivity index (χ1) is 6.36. The monoisotopic (exact) mass is 175 g/mol. The number of benzene rings is 1. The van der Waals surface area contributed by atoms with Crippen molar-refractivity contribution in [2.24, 2.45) is 0 Å². The predicted octanol–water partition coefficient (Wildman–Crippen LogP) is 2.54. The molecule has 2 heteroatoms. The van der Waals surface area contributed by atoms with Gasteiger partial charge < -0.3 is 4.74 Å². The molecule has 0 fully saturated rings. The lowest BCUT2D eigenvalue weighted by Crippen LogP contribution is -1.95. The van der Waals surface area contributed by atoms with Gasteiger partial charge in [-0.05, 0) is 24.1 Å². The van der Waals surface area contributed by atoms with Gasteiger partial charge in [-0.15, -0.1) is 0 Å². The van der Waals surface area contributed by atoms with E-state index in [2.05, 4.69) is 6.92 Å². The fourth-order valence-corrected chi connectivity index (χ4v) is 1.04. The molecular formula is C11H13NO. The zero-order chi connectivity index (χ0) is 9.52. The second-order valence-corrected chi connectivity index (χ2v) is 2.75. The molecule has 0 bridgehead atoms. The third-order valence-corrected chi connectivity index (χ3v) is 1.81. The van der Waals surface area contributed by atoms with Crippen LogP contribution < -0.4 is 4.74 Å². The first-order valence-corrected chi connectivity index (χ1v) is 4.45. The Morgan fingerprint density at radius 3 is 2.54 bits per heavy atom. The molecule has 0 spiro atoms. The van der Waals surface area contributed by atoms with Gasteiger partial charge in [-0.3, -0.25) is 0 Å². The summed E-state index contributed by atoms with van der Waals surface area (Å²) in [6.07, 6.45) is 1.48. The van der Waals surface area contributed by atoms with Crippen LogP contribution in [-0.4, -0.2) is 6.61 Å². The Bertz CT molecular complexity index is 284. The van der Waals surface area contributed by atoms with Crippen molar-refractivity contribution in [2.45, 2.75) is 19.8 Å². The molecule has 0 radical (unpaired) electrons. The van der Waals surface area contributed by atoms with Gasteiger partial charge in [0.25, 0.3) is 0 Å². The first kappa shape index (κ1) is 9.60. The molecule has 68 valence electrons. The second-order valence-electron chi connectivity index (χ2n) is 2.75. The molecule has 0 unspecified atom stereocenters. The van der Waals surface area contributed by atoms with Crippen LogP contribution in [0.15, 0.2) is 24.3 Å². The first-order valence-electron chi connectivity index (χ1n) is 4.45. The zero-order valence-corrected chi connectivity index (χ0v) is 7.79. The maximum absolute atomic E-state index is 8.30. The largest absolute Gasteiger partial charge is 0.493 e. The predicted molar refractivity (Wildman–Crippen MR) is 51.5 cm³/mol. The highest BCUT2D eigenvalue weighted by Crippen LogP contribution is 2.12. The Morgan fingerprint density at radius 1 is 1.31 bits per heavy atom. The minimum atomic E-state index is 0.440. The van der Waals surface area contributed by atoms with Crippen molar-refractivity contribution in [3.8, 4) is 11.8 Å². The number of hydrogen-bond donors (Lipinski definition) is 0. The molecule has 0 atom stereocenters. The van der Waals surface area contributed by atoms with Gasteiger partial charge in [0.1, 0.15) is 12.4 Å². The van der Waals surface area contributed by atoms with Crippen LogP contribution in [0, 0.1) is 11.3 Å². The summed E-state index contributed by atoms with van der Waals surface area (Å²) in [5.74, 6) is 0.840. The summed E-state index contributed by atoms with van der Waals surface area (Å²) in [6, 6.07) is 10.0. The molecule has 0 aliphatic rings. The summed E-state index contributed by atoms with van der Waals surface area (Å²) in [5.41, 5.74) is 1.30. The standard InChI is InChI=1S/C11H13NO/c1-2-10-4-6-11(7-5-10)13-9-3-8-12/h4-7H,2-3,9H2,1H3. The smallest absolute Gasteiger partial charge is 0.119 e. The molecular weight excluding hydrogens is 162 g/mol. The average molecular weight is 175 g/mol. The molecule has 0 aliphatic carbocycles. The fraction of sp³-hybridized carbons (Fsp3) is 0.364. The van der Waals surface area contributed by atoms with Crippen LogP contribution in [0.2, 0.25) is 0 Å². The lowest BCUT2D eigenvalue weighted by Gasteiger charge is -2.03. The van der Waals surface area contributed by atoms with E-state index in [1.165, 1.54) is 5.56 Å². The number of rotatable bonds is 4. The third-order valence-electron chi connectivity index (χ3n) is 1.81. The van der Waals surface area contributed by atoms with Crippen LogP contribution in [0.1, 0.15) is 18.9 Å². The van der Waals surface area contributed by atoms with E-state index in [4.69, 9.17) is 10.00 Å². The Labute approximate surface area is 78.8 Å². The molecule has 0 saturated heterocycles. The van der Waals surface area contributed by atoms with Crippen LogP contribution in [0.3, 0.4) is 0 Å². The Balaban J connectivity index is 2.45. The van der Waals surface area contributed by atoms with Gasteiger partial charge in [0.2, 0.25) is 0 Å². The van der Waals surface area contributed by atoms with Gasteiger partial charge >= 0.3 is 0 Å². The second kappa shape index (κ2) is 5.21. The molecule has 2 nitrogen and oxygen atoms in total. The van der Waals surface area contributed by atoms with Crippen LogP contribution in [0.4, 0.5) is 0 Å². The van der Waals surface area contributed by atoms with E-state index in [-0.39, 0.29) is 0 Å². The Hall–Kier alpha value is -1.49. The highest BCUT2D eigenvalue weighted by Gasteiger charge is 1.92. The number of aryl methyl sites for hydroxylation is 1. The molecule has 0 N–H and O–H groups in total. The van der Waals surface area contributed by atoms with Gasteiger partial charge in [0.15, 0.2) is 0 Å². The van der Waals surface area contributed by atoms with E-state index < -0.39 is 0 Å². The molecule has 13 heavy (non-hydrogen) atoms.